The van der Waals surface area contributed by atoms with E-state index in [-0.39, 0.29) is 18.4 Å². The summed E-state index contributed by atoms with van der Waals surface area (Å²) in [7, 11) is 1.64. The minimum Gasteiger partial charge on any atom is -0.457 e. The van der Waals surface area contributed by atoms with Gasteiger partial charge in [-0.2, -0.15) is 0 Å². The highest BCUT2D eigenvalue weighted by Gasteiger charge is 2.25. The monoisotopic (exact) mass is 367 g/mol. The van der Waals surface area contributed by atoms with E-state index in [9.17, 15) is 9.59 Å². The van der Waals surface area contributed by atoms with Crippen molar-refractivity contribution in [2.45, 2.75) is 31.8 Å². The van der Waals surface area contributed by atoms with Crippen LogP contribution in [-0.2, 0) is 9.59 Å². The van der Waals surface area contributed by atoms with E-state index in [2.05, 4.69) is 10.6 Å². The number of nitrogens with one attached hydrogen (secondary N) is 2. The lowest BCUT2D eigenvalue weighted by atomic mass is 10.2. The van der Waals surface area contributed by atoms with Crippen LogP contribution in [0.25, 0.3) is 0 Å². The van der Waals surface area contributed by atoms with Crippen LogP contribution in [0.15, 0.2) is 54.6 Å². The molecule has 0 bridgehead atoms. The molecule has 2 N–H and O–H groups in total. The average Bonchev–Trinajstić information content (AvgIpc) is 3.47. The van der Waals surface area contributed by atoms with Crippen LogP contribution in [-0.4, -0.2) is 42.4 Å². The minimum absolute atomic E-state index is 0.0746. The van der Waals surface area contributed by atoms with Gasteiger partial charge in [-0.15, -0.1) is 0 Å². The molecule has 0 heterocycles. The molecule has 0 saturated heterocycles. The zero-order valence-electron chi connectivity index (χ0n) is 15.6. The molecule has 1 atom stereocenters. The Kier molecular flexibility index (Phi) is 5.96. The third kappa shape index (κ3) is 5.74. The molecule has 6 nitrogen and oxygen atoms in total. The Hall–Kier alpha value is -3.02. The summed E-state index contributed by atoms with van der Waals surface area (Å²) in [5.41, 5.74) is 0.812. The third-order valence-corrected chi connectivity index (χ3v) is 4.29. The lowest BCUT2D eigenvalue weighted by Gasteiger charge is -2.22. The number of ether oxygens (including phenoxy) is 1. The Morgan fingerprint density at radius 3 is 2.33 bits per heavy atom. The van der Waals surface area contributed by atoms with Gasteiger partial charge in [0.2, 0.25) is 11.8 Å². The molecule has 2 aromatic carbocycles. The van der Waals surface area contributed by atoms with Crippen molar-refractivity contribution in [2.75, 3.05) is 18.9 Å². The van der Waals surface area contributed by atoms with Crippen molar-refractivity contribution >= 4 is 17.5 Å². The Bertz CT molecular complexity index is 773. The molecule has 0 spiro atoms. The lowest BCUT2D eigenvalue weighted by Crippen LogP contribution is -2.44. The molecule has 0 radical (unpaired) electrons. The van der Waals surface area contributed by atoms with Crippen molar-refractivity contribution in [3.8, 4) is 11.5 Å². The molecule has 6 heteroatoms. The first-order valence-electron chi connectivity index (χ1n) is 9.15. The average molecular weight is 367 g/mol. The highest BCUT2D eigenvalue weighted by Crippen LogP contribution is 2.23. The zero-order chi connectivity index (χ0) is 19.2. The quantitative estimate of drug-likeness (QED) is 0.752. The molecule has 2 amide bonds. The van der Waals surface area contributed by atoms with Crippen LogP contribution in [0, 0.1) is 0 Å². The van der Waals surface area contributed by atoms with Gasteiger partial charge in [-0.25, -0.2) is 0 Å². The van der Waals surface area contributed by atoms with E-state index in [0.29, 0.717) is 6.04 Å². The maximum Gasteiger partial charge on any atom is 0.244 e. The first kappa shape index (κ1) is 18.8. The summed E-state index contributed by atoms with van der Waals surface area (Å²) in [4.78, 5) is 25.7. The zero-order valence-corrected chi connectivity index (χ0v) is 15.6. The van der Waals surface area contributed by atoms with Crippen molar-refractivity contribution in [3.63, 3.8) is 0 Å². The Balaban J connectivity index is 1.49. The van der Waals surface area contributed by atoms with E-state index in [0.717, 1.165) is 30.0 Å². The molecule has 0 aliphatic heterocycles. The van der Waals surface area contributed by atoms with Gasteiger partial charge in [0.1, 0.15) is 17.5 Å². The van der Waals surface area contributed by atoms with Crippen LogP contribution in [0.3, 0.4) is 0 Å². The van der Waals surface area contributed by atoms with Crippen LogP contribution in [0.2, 0.25) is 0 Å². The van der Waals surface area contributed by atoms with Gasteiger partial charge in [-0.3, -0.25) is 9.59 Å². The maximum atomic E-state index is 12.5. The minimum atomic E-state index is -0.440. The predicted molar refractivity (Wildman–Crippen MR) is 105 cm³/mol. The van der Waals surface area contributed by atoms with Gasteiger partial charge in [0.25, 0.3) is 0 Å². The van der Waals surface area contributed by atoms with Crippen LogP contribution in [0.1, 0.15) is 19.8 Å². The number of rotatable bonds is 8. The number of benzene rings is 2. The number of hydrogen-bond acceptors (Lipinski definition) is 4. The van der Waals surface area contributed by atoms with E-state index in [1.807, 2.05) is 54.6 Å². The van der Waals surface area contributed by atoms with Crippen LogP contribution >= 0.6 is 0 Å². The van der Waals surface area contributed by atoms with Gasteiger partial charge >= 0.3 is 0 Å². The molecule has 0 aromatic heterocycles. The molecule has 27 heavy (non-hydrogen) atoms. The molecule has 1 unspecified atom stereocenters. The summed E-state index contributed by atoms with van der Waals surface area (Å²) in [6.45, 7) is 1.86. The fourth-order valence-corrected chi connectivity index (χ4v) is 2.68. The molecular weight excluding hydrogens is 342 g/mol. The van der Waals surface area contributed by atoms with Gasteiger partial charge in [-0.1, -0.05) is 18.2 Å². The van der Waals surface area contributed by atoms with Crippen LogP contribution < -0.4 is 15.4 Å². The number of likely N-dealkylation sites (N-methyl/N-ethyl adjacent to an activating group) is 1. The van der Waals surface area contributed by atoms with Gasteiger partial charge in [0.05, 0.1) is 6.54 Å². The second-order valence-corrected chi connectivity index (χ2v) is 6.84. The largest absolute Gasteiger partial charge is 0.457 e. The summed E-state index contributed by atoms with van der Waals surface area (Å²) >= 11 is 0. The number of anilines is 1. The molecule has 1 fully saturated rings. The number of nitrogens with zero attached hydrogens (tertiary/aromatic N) is 1. The summed E-state index contributed by atoms with van der Waals surface area (Å²) in [5.74, 6) is 1.25. The fourth-order valence-electron chi connectivity index (χ4n) is 2.68. The molecule has 1 aliphatic carbocycles. The van der Waals surface area contributed by atoms with E-state index in [4.69, 9.17) is 4.74 Å². The lowest BCUT2D eigenvalue weighted by molar-refractivity contribution is -0.135. The van der Waals surface area contributed by atoms with E-state index in [1.54, 1.807) is 14.0 Å². The maximum absolute atomic E-state index is 12.5. The van der Waals surface area contributed by atoms with Gasteiger partial charge in [0, 0.05) is 18.8 Å². The Morgan fingerprint density at radius 2 is 1.70 bits per heavy atom. The predicted octanol–water partition coefficient (Wildman–Crippen LogP) is 3.02. The van der Waals surface area contributed by atoms with Crippen molar-refractivity contribution < 1.29 is 14.3 Å². The number of para-hydroxylation sites is 1. The first-order chi connectivity index (χ1) is 13.0. The SMILES string of the molecule is CC(Nc1ccc(Oc2ccccc2)cc1)C(=O)N(C)CC(=O)NC1CC1. The molecule has 2 aromatic rings. The summed E-state index contributed by atoms with van der Waals surface area (Å²) in [6.07, 6.45) is 2.07. The van der Waals surface area contributed by atoms with Crippen molar-refractivity contribution in [2.24, 2.45) is 0 Å². The van der Waals surface area contributed by atoms with Crippen LogP contribution in [0.5, 0.6) is 11.5 Å². The third-order valence-electron chi connectivity index (χ3n) is 4.29. The second-order valence-electron chi connectivity index (χ2n) is 6.84. The second kappa shape index (κ2) is 8.58. The Labute approximate surface area is 159 Å². The number of amides is 2. The van der Waals surface area contributed by atoms with Gasteiger partial charge in [0.15, 0.2) is 0 Å². The number of hydrogen-bond donors (Lipinski definition) is 2. The number of carbonyl (C=O) groups is 2. The fraction of sp³-hybridized carbons (Fsp3) is 0.333. The van der Waals surface area contributed by atoms with Gasteiger partial charge in [-0.05, 0) is 56.2 Å². The highest BCUT2D eigenvalue weighted by atomic mass is 16.5. The molecule has 142 valence electrons. The summed E-state index contributed by atoms with van der Waals surface area (Å²) in [6, 6.07) is 16.8. The molecule has 3 rings (SSSR count). The van der Waals surface area contributed by atoms with E-state index >= 15 is 0 Å². The molecule has 1 saturated carbocycles. The highest BCUT2D eigenvalue weighted by molar-refractivity contribution is 5.88. The smallest absolute Gasteiger partial charge is 0.244 e. The van der Waals surface area contributed by atoms with Crippen molar-refractivity contribution in [1.82, 2.24) is 10.2 Å². The first-order valence-corrected chi connectivity index (χ1v) is 9.15. The summed E-state index contributed by atoms with van der Waals surface area (Å²) < 4.78 is 5.76. The molecular formula is C21H25N3O3. The standard InChI is InChI=1S/C21H25N3O3/c1-15(21(26)24(2)14-20(25)23-17-8-9-17)22-16-10-12-19(13-11-16)27-18-6-4-3-5-7-18/h3-7,10-13,15,17,22H,8-9,14H2,1-2H3,(H,23,25). The normalized spacial score (nSPS) is 14.1. The van der Waals surface area contributed by atoms with Crippen molar-refractivity contribution in [3.05, 3.63) is 54.6 Å². The van der Waals surface area contributed by atoms with E-state index in [1.165, 1.54) is 4.90 Å². The number of carbonyl (C=O) groups excluding carboxylic acids is 2. The Morgan fingerprint density at radius 1 is 1.07 bits per heavy atom. The van der Waals surface area contributed by atoms with Crippen molar-refractivity contribution in [1.29, 1.82) is 0 Å². The summed E-state index contributed by atoms with van der Waals surface area (Å²) in [5, 5.41) is 6.05. The van der Waals surface area contributed by atoms with Crippen LogP contribution in [0.4, 0.5) is 5.69 Å². The topological polar surface area (TPSA) is 70.7 Å². The van der Waals surface area contributed by atoms with Gasteiger partial charge < -0.3 is 20.3 Å². The molecule has 1 aliphatic rings. The van der Waals surface area contributed by atoms with E-state index < -0.39 is 6.04 Å².